The number of aromatic amines is 1. The molecule has 0 unspecified atom stereocenters. The number of nitrogen functional groups attached to an aromatic ring is 1. The topological polar surface area (TPSA) is 80.7 Å². The van der Waals surface area contributed by atoms with Gasteiger partial charge in [0.1, 0.15) is 17.3 Å². The van der Waals surface area contributed by atoms with Gasteiger partial charge in [-0.2, -0.15) is 5.10 Å². The summed E-state index contributed by atoms with van der Waals surface area (Å²) >= 11 is 0. The Balaban J connectivity index is 2.22. The highest BCUT2D eigenvalue weighted by molar-refractivity contribution is 5.85. The Labute approximate surface area is 106 Å². The van der Waals surface area contributed by atoms with E-state index in [1.54, 1.807) is 6.07 Å². The minimum Gasteiger partial charge on any atom is -0.380 e. The first-order valence-electron chi connectivity index (χ1n) is 5.36. The minimum atomic E-state index is -0.703. The number of rotatable bonds is 2. The van der Waals surface area contributed by atoms with Crippen LogP contribution >= 0.6 is 0 Å². The quantitative estimate of drug-likeness (QED) is 0.743. The molecule has 0 aliphatic carbocycles. The summed E-state index contributed by atoms with van der Waals surface area (Å²) in [7, 11) is 0. The summed E-state index contributed by atoms with van der Waals surface area (Å²) in [5.74, 6) is -1.08. The molecule has 19 heavy (non-hydrogen) atoms. The van der Waals surface area contributed by atoms with E-state index >= 15 is 0 Å². The van der Waals surface area contributed by atoms with Crippen LogP contribution < -0.4 is 5.73 Å². The average Bonchev–Trinajstić information content (AvgIpc) is 2.95. The summed E-state index contributed by atoms with van der Waals surface area (Å²) in [5, 5.41) is 10.1. The number of benzene rings is 1. The van der Waals surface area contributed by atoms with Crippen molar-refractivity contribution in [1.29, 1.82) is 0 Å². The third kappa shape index (κ3) is 1.95. The molecule has 0 aliphatic rings. The molecular weight excluding hydrogens is 254 g/mol. The molecule has 2 aromatic heterocycles. The van der Waals surface area contributed by atoms with Gasteiger partial charge in [-0.1, -0.05) is 5.16 Å². The molecule has 5 nitrogen and oxygen atoms in total. The second-order valence-electron chi connectivity index (χ2n) is 3.90. The van der Waals surface area contributed by atoms with Gasteiger partial charge in [0.15, 0.2) is 11.6 Å². The van der Waals surface area contributed by atoms with E-state index in [1.807, 2.05) is 0 Å². The van der Waals surface area contributed by atoms with Crippen molar-refractivity contribution in [3.63, 3.8) is 0 Å². The van der Waals surface area contributed by atoms with Crippen LogP contribution in [-0.4, -0.2) is 15.4 Å². The van der Waals surface area contributed by atoms with E-state index in [1.165, 1.54) is 6.20 Å². The molecule has 2 heterocycles. The molecule has 0 aliphatic heterocycles. The highest BCUT2D eigenvalue weighted by Gasteiger charge is 2.19. The third-order valence-electron chi connectivity index (χ3n) is 2.62. The fourth-order valence-corrected chi connectivity index (χ4v) is 1.85. The van der Waals surface area contributed by atoms with Crippen molar-refractivity contribution in [1.82, 2.24) is 15.4 Å². The molecule has 0 atom stereocenters. The highest BCUT2D eigenvalue weighted by Crippen LogP contribution is 2.36. The molecule has 1 aromatic carbocycles. The van der Waals surface area contributed by atoms with Gasteiger partial charge in [0.05, 0.1) is 5.56 Å². The number of aromatic nitrogens is 3. The zero-order valence-electron chi connectivity index (χ0n) is 9.52. The lowest BCUT2D eigenvalue weighted by atomic mass is 10.0. The van der Waals surface area contributed by atoms with Crippen LogP contribution in [0.4, 0.5) is 14.6 Å². The van der Waals surface area contributed by atoms with E-state index in [4.69, 9.17) is 10.3 Å². The Hall–Kier alpha value is -2.70. The van der Waals surface area contributed by atoms with Gasteiger partial charge in [-0.3, -0.25) is 5.10 Å². The number of halogens is 2. The number of H-pyrrole nitrogens is 1. The Morgan fingerprint density at radius 2 is 1.89 bits per heavy atom. The van der Waals surface area contributed by atoms with Gasteiger partial charge in [0.2, 0.25) is 0 Å². The monoisotopic (exact) mass is 262 g/mol. The van der Waals surface area contributed by atoms with E-state index in [-0.39, 0.29) is 17.1 Å². The molecule has 3 N–H and O–H groups in total. The van der Waals surface area contributed by atoms with Crippen LogP contribution in [0.2, 0.25) is 0 Å². The molecule has 0 radical (unpaired) electrons. The molecule has 7 heteroatoms. The zero-order chi connectivity index (χ0) is 13.4. The van der Waals surface area contributed by atoms with Gasteiger partial charge in [0.25, 0.3) is 0 Å². The Morgan fingerprint density at radius 1 is 1.16 bits per heavy atom. The summed E-state index contributed by atoms with van der Waals surface area (Å²) in [6, 6.07) is 4.74. The van der Waals surface area contributed by atoms with Gasteiger partial charge >= 0.3 is 0 Å². The Morgan fingerprint density at radius 3 is 2.53 bits per heavy atom. The van der Waals surface area contributed by atoms with Crippen molar-refractivity contribution in [3.05, 3.63) is 42.1 Å². The normalized spacial score (nSPS) is 10.8. The smallest absolute Gasteiger partial charge is 0.194 e. The predicted octanol–water partition coefficient (Wildman–Crippen LogP) is 2.59. The number of hydrogen-bond acceptors (Lipinski definition) is 4. The fraction of sp³-hybridized carbons (Fsp3) is 0. The largest absolute Gasteiger partial charge is 0.380 e. The minimum absolute atomic E-state index is 0.0506. The molecule has 0 amide bonds. The number of anilines is 1. The van der Waals surface area contributed by atoms with Crippen LogP contribution in [0, 0.1) is 11.6 Å². The molecule has 0 fully saturated rings. The van der Waals surface area contributed by atoms with Crippen molar-refractivity contribution >= 4 is 5.82 Å². The van der Waals surface area contributed by atoms with E-state index in [0.29, 0.717) is 11.3 Å². The summed E-state index contributed by atoms with van der Waals surface area (Å²) in [6.45, 7) is 0. The van der Waals surface area contributed by atoms with Crippen LogP contribution in [0.25, 0.3) is 22.6 Å². The van der Waals surface area contributed by atoms with Gasteiger partial charge < -0.3 is 10.3 Å². The maximum Gasteiger partial charge on any atom is 0.194 e. The molecule has 96 valence electrons. The SMILES string of the molecule is Nc1noc(-c2ccn[nH]2)c1-c1cc(F)cc(F)c1. The molecule has 3 aromatic rings. The van der Waals surface area contributed by atoms with E-state index < -0.39 is 11.6 Å². The molecule has 0 saturated heterocycles. The van der Waals surface area contributed by atoms with Crippen molar-refractivity contribution in [2.24, 2.45) is 0 Å². The van der Waals surface area contributed by atoms with Crippen LogP contribution in [-0.2, 0) is 0 Å². The molecular formula is C12H8F2N4O. The second-order valence-corrected chi connectivity index (χ2v) is 3.90. The van der Waals surface area contributed by atoms with Crippen LogP contribution in [0.3, 0.4) is 0 Å². The first kappa shape index (κ1) is 11.4. The highest BCUT2D eigenvalue weighted by atomic mass is 19.1. The van der Waals surface area contributed by atoms with Crippen LogP contribution in [0.15, 0.2) is 35.0 Å². The zero-order valence-corrected chi connectivity index (χ0v) is 9.52. The summed E-state index contributed by atoms with van der Waals surface area (Å²) in [6.07, 6.45) is 1.52. The summed E-state index contributed by atoms with van der Waals surface area (Å²) in [4.78, 5) is 0. The number of nitrogens with one attached hydrogen (secondary N) is 1. The standard InChI is InChI=1S/C12H8F2N4O/c13-7-3-6(4-8(14)5-7)10-11(19-18-12(10)15)9-1-2-16-17-9/h1-5H,(H2,15,18)(H,16,17). The predicted molar refractivity (Wildman–Crippen MR) is 63.8 cm³/mol. The summed E-state index contributed by atoms with van der Waals surface area (Å²) < 4.78 is 31.6. The average molecular weight is 262 g/mol. The first-order chi connectivity index (χ1) is 9.15. The van der Waals surface area contributed by atoms with Crippen LogP contribution in [0.5, 0.6) is 0 Å². The van der Waals surface area contributed by atoms with E-state index in [9.17, 15) is 8.78 Å². The maximum absolute atomic E-state index is 13.3. The van der Waals surface area contributed by atoms with Gasteiger partial charge in [-0.15, -0.1) is 0 Å². The first-order valence-corrected chi connectivity index (χ1v) is 5.36. The van der Waals surface area contributed by atoms with Crippen molar-refractivity contribution < 1.29 is 13.3 Å². The van der Waals surface area contributed by atoms with Crippen molar-refractivity contribution in [2.45, 2.75) is 0 Å². The number of nitrogens with zero attached hydrogens (tertiary/aromatic N) is 2. The fourth-order valence-electron chi connectivity index (χ4n) is 1.85. The van der Waals surface area contributed by atoms with Gasteiger partial charge in [-0.05, 0) is 23.8 Å². The molecule has 0 spiro atoms. The Bertz CT molecular complexity index is 701. The van der Waals surface area contributed by atoms with E-state index in [0.717, 1.165) is 18.2 Å². The number of nitrogens with two attached hydrogens (primary N) is 1. The Kier molecular flexibility index (Phi) is 2.52. The maximum atomic E-state index is 13.3. The molecule has 3 rings (SSSR count). The third-order valence-corrected chi connectivity index (χ3v) is 2.62. The van der Waals surface area contributed by atoms with Gasteiger partial charge in [-0.25, -0.2) is 8.78 Å². The van der Waals surface area contributed by atoms with E-state index in [2.05, 4.69) is 15.4 Å². The summed E-state index contributed by atoms with van der Waals surface area (Å²) in [5.41, 5.74) is 6.79. The lowest BCUT2D eigenvalue weighted by Crippen LogP contribution is -1.91. The molecule has 0 saturated carbocycles. The van der Waals surface area contributed by atoms with Crippen molar-refractivity contribution in [2.75, 3.05) is 5.73 Å². The lowest BCUT2D eigenvalue weighted by molar-refractivity contribution is 0.434. The lowest BCUT2D eigenvalue weighted by Gasteiger charge is -2.02. The number of hydrogen-bond donors (Lipinski definition) is 2. The van der Waals surface area contributed by atoms with Gasteiger partial charge in [0, 0.05) is 12.3 Å². The van der Waals surface area contributed by atoms with Crippen LogP contribution in [0.1, 0.15) is 0 Å². The van der Waals surface area contributed by atoms with Crippen molar-refractivity contribution in [3.8, 4) is 22.6 Å². The molecule has 0 bridgehead atoms. The second kappa shape index (κ2) is 4.20.